The maximum atomic E-state index is 12.3. The summed E-state index contributed by atoms with van der Waals surface area (Å²) in [5, 5.41) is 6.26. The van der Waals surface area contributed by atoms with E-state index in [1.165, 1.54) is 5.56 Å². The number of nitrogens with zero attached hydrogens (tertiary/aromatic N) is 1. The van der Waals surface area contributed by atoms with Crippen molar-refractivity contribution in [3.8, 4) is 0 Å². The molecule has 0 saturated carbocycles. The summed E-state index contributed by atoms with van der Waals surface area (Å²) in [6, 6.07) is 11.4. The van der Waals surface area contributed by atoms with E-state index in [9.17, 15) is 4.79 Å². The fourth-order valence-corrected chi connectivity index (χ4v) is 2.42. The molecule has 0 saturated heterocycles. The number of nitrogens with one attached hydrogen (secondary N) is 2. The molecular formula is C16H17N3O. The summed E-state index contributed by atoms with van der Waals surface area (Å²) >= 11 is 0. The van der Waals surface area contributed by atoms with Crippen molar-refractivity contribution in [2.24, 2.45) is 0 Å². The molecule has 1 amide bonds. The molecule has 4 nitrogen and oxygen atoms in total. The monoisotopic (exact) mass is 267 g/mol. The summed E-state index contributed by atoms with van der Waals surface area (Å²) in [5.74, 6) is -0.0698. The second-order valence-electron chi connectivity index (χ2n) is 5.00. The van der Waals surface area contributed by atoms with Crippen LogP contribution in [0.3, 0.4) is 0 Å². The third kappa shape index (κ3) is 2.50. The number of aromatic nitrogens is 1. The van der Waals surface area contributed by atoms with Crippen molar-refractivity contribution in [1.82, 2.24) is 10.3 Å². The van der Waals surface area contributed by atoms with Crippen LogP contribution < -0.4 is 10.6 Å². The summed E-state index contributed by atoms with van der Waals surface area (Å²) in [6.07, 6.45) is 2.76. The Balaban J connectivity index is 1.73. The molecule has 3 rings (SSSR count). The molecule has 0 fully saturated rings. The van der Waals surface area contributed by atoms with Gasteiger partial charge in [0.1, 0.15) is 0 Å². The zero-order valence-corrected chi connectivity index (χ0v) is 11.4. The van der Waals surface area contributed by atoms with Crippen LogP contribution in [0.1, 0.15) is 34.6 Å². The number of hydrogen-bond donors (Lipinski definition) is 2. The van der Waals surface area contributed by atoms with Crippen LogP contribution in [0.15, 0.2) is 42.6 Å². The number of fused-ring (bicyclic) bond motifs is 1. The van der Waals surface area contributed by atoms with Crippen molar-refractivity contribution in [3.05, 3.63) is 59.4 Å². The third-order valence-electron chi connectivity index (χ3n) is 3.56. The highest BCUT2D eigenvalue weighted by molar-refractivity contribution is 5.95. The lowest BCUT2D eigenvalue weighted by Gasteiger charge is -2.13. The minimum Gasteiger partial charge on any atom is -0.384 e. The minimum atomic E-state index is -0.107. The smallest absolute Gasteiger partial charge is 0.251 e. The van der Waals surface area contributed by atoms with E-state index >= 15 is 0 Å². The first-order chi connectivity index (χ1) is 9.74. The molecule has 0 aliphatic carbocycles. The van der Waals surface area contributed by atoms with E-state index in [1.54, 1.807) is 6.20 Å². The van der Waals surface area contributed by atoms with Gasteiger partial charge in [-0.3, -0.25) is 9.78 Å². The van der Waals surface area contributed by atoms with Gasteiger partial charge in [-0.05, 0) is 43.2 Å². The Hall–Kier alpha value is -2.36. The van der Waals surface area contributed by atoms with Gasteiger partial charge < -0.3 is 10.6 Å². The summed E-state index contributed by atoms with van der Waals surface area (Å²) in [7, 11) is 0. The quantitative estimate of drug-likeness (QED) is 0.898. The molecule has 0 radical (unpaired) electrons. The van der Waals surface area contributed by atoms with Crippen LogP contribution in [-0.2, 0) is 6.42 Å². The van der Waals surface area contributed by atoms with Gasteiger partial charge in [0.2, 0.25) is 0 Å². The first kappa shape index (κ1) is 12.7. The molecule has 0 spiro atoms. The van der Waals surface area contributed by atoms with E-state index in [1.807, 2.05) is 43.3 Å². The van der Waals surface area contributed by atoms with Crippen molar-refractivity contribution >= 4 is 11.6 Å². The summed E-state index contributed by atoms with van der Waals surface area (Å²) in [5.41, 5.74) is 3.89. The van der Waals surface area contributed by atoms with Gasteiger partial charge in [0.15, 0.2) is 0 Å². The first-order valence-electron chi connectivity index (χ1n) is 6.82. The van der Waals surface area contributed by atoms with Crippen molar-refractivity contribution in [3.63, 3.8) is 0 Å². The normalized spacial score (nSPS) is 14.2. The highest BCUT2D eigenvalue weighted by atomic mass is 16.1. The highest BCUT2D eigenvalue weighted by Gasteiger charge is 2.15. The van der Waals surface area contributed by atoms with Crippen molar-refractivity contribution in [2.45, 2.75) is 19.4 Å². The van der Waals surface area contributed by atoms with Crippen LogP contribution in [0, 0.1) is 0 Å². The molecule has 1 aliphatic rings. The molecule has 1 atom stereocenters. The fourth-order valence-electron chi connectivity index (χ4n) is 2.42. The number of anilines is 1. The maximum Gasteiger partial charge on any atom is 0.251 e. The first-order valence-corrected chi connectivity index (χ1v) is 6.82. The Morgan fingerprint density at radius 2 is 2.25 bits per heavy atom. The number of carbonyl (C=O) groups is 1. The lowest BCUT2D eigenvalue weighted by Crippen LogP contribution is -2.27. The molecule has 102 valence electrons. The SMILES string of the molecule is CC(NC(=O)c1ccc2c(c1)NCC2)c1ccccn1. The van der Waals surface area contributed by atoms with Gasteiger partial charge in [-0.2, -0.15) is 0 Å². The highest BCUT2D eigenvalue weighted by Crippen LogP contribution is 2.23. The summed E-state index contributed by atoms with van der Waals surface area (Å²) in [4.78, 5) is 16.5. The predicted molar refractivity (Wildman–Crippen MR) is 78.8 cm³/mol. The molecule has 4 heteroatoms. The Morgan fingerprint density at radius 3 is 3.05 bits per heavy atom. The number of pyridine rings is 1. The lowest BCUT2D eigenvalue weighted by atomic mass is 10.1. The lowest BCUT2D eigenvalue weighted by molar-refractivity contribution is 0.0939. The van der Waals surface area contributed by atoms with Gasteiger partial charge in [-0.25, -0.2) is 0 Å². The summed E-state index contributed by atoms with van der Waals surface area (Å²) in [6.45, 7) is 2.89. The maximum absolute atomic E-state index is 12.3. The number of rotatable bonds is 3. The van der Waals surface area contributed by atoms with E-state index in [4.69, 9.17) is 0 Å². The van der Waals surface area contributed by atoms with Gasteiger partial charge in [-0.15, -0.1) is 0 Å². The summed E-state index contributed by atoms with van der Waals surface area (Å²) < 4.78 is 0. The molecule has 1 aliphatic heterocycles. The van der Waals surface area contributed by atoms with Gasteiger partial charge >= 0.3 is 0 Å². The van der Waals surface area contributed by atoms with E-state index in [-0.39, 0.29) is 11.9 Å². The van der Waals surface area contributed by atoms with Gasteiger partial charge in [0, 0.05) is 24.0 Å². The van der Waals surface area contributed by atoms with Crippen molar-refractivity contribution in [2.75, 3.05) is 11.9 Å². The minimum absolute atomic E-state index is 0.0698. The van der Waals surface area contributed by atoms with Gasteiger partial charge in [0.25, 0.3) is 5.91 Å². The standard InChI is InChI=1S/C16H17N3O/c1-11(14-4-2-3-8-17-14)19-16(20)13-6-5-12-7-9-18-15(12)10-13/h2-6,8,10-11,18H,7,9H2,1H3,(H,19,20). The van der Waals surface area contributed by atoms with Crippen molar-refractivity contribution < 1.29 is 4.79 Å². The third-order valence-corrected chi connectivity index (χ3v) is 3.56. The molecular weight excluding hydrogens is 250 g/mol. The van der Waals surface area contributed by atoms with Crippen LogP contribution >= 0.6 is 0 Å². The Morgan fingerprint density at radius 1 is 1.35 bits per heavy atom. The van der Waals surface area contributed by atoms with Crippen molar-refractivity contribution in [1.29, 1.82) is 0 Å². The number of benzene rings is 1. The molecule has 1 aromatic heterocycles. The zero-order valence-electron chi connectivity index (χ0n) is 11.4. The van der Waals surface area contributed by atoms with E-state index in [2.05, 4.69) is 15.6 Å². The van der Waals surface area contributed by atoms with Gasteiger partial charge in [-0.1, -0.05) is 12.1 Å². The van der Waals surface area contributed by atoms with Crippen LogP contribution in [0.4, 0.5) is 5.69 Å². The average Bonchev–Trinajstić information content (AvgIpc) is 2.95. The number of carbonyl (C=O) groups excluding carboxylic acids is 1. The van der Waals surface area contributed by atoms with E-state index in [0.29, 0.717) is 5.56 Å². The Bertz CT molecular complexity index is 625. The van der Waals surface area contributed by atoms with Gasteiger partial charge in [0.05, 0.1) is 11.7 Å². The molecule has 2 N–H and O–H groups in total. The Labute approximate surface area is 118 Å². The Kier molecular flexibility index (Phi) is 3.37. The molecule has 0 bridgehead atoms. The molecule has 20 heavy (non-hydrogen) atoms. The fraction of sp³-hybridized carbons (Fsp3) is 0.250. The molecule has 1 aromatic carbocycles. The number of hydrogen-bond acceptors (Lipinski definition) is 3. The molecule has 2 heterocycles. The van der Waals surface area contributed by atoms with Crippen LogP contribution in [0.5, 0.6) is 0 Å². The second kappa shape index (κ2) is 5.33. The predicted octanol–water partition coefficient (Wildman–Crippen LogP) is 2.54. The largest absolute Gasteiger partial charge is 0.384 e. The second-order valence-corrected chi connectivity index (χ2v) is 5.00. The average molecular weight is 267 g/mol. The molecule has 1 unspecified atom stereocenters. The topological polar surface area (TPSA) is 54.0 Å². The van der Waals surface area contributed by atoms with E-state index < -0.39 is 0 Å². The molecule has 2 aromatic rings. The zero-order chi connectivity index (χ0) is 13.9. The van der Waals surface area contributed by atoms with Crippen LogP contribution in [0.2, 0.25) is 0 Å². The van der Waals surface area contributed by atoms with Crippen LogP contribution in [-0.4, -0.2) is 17.4 Å². The van der Waals surface area contributed by atoms with Crippen LogP contribution in [0.25, 0.3) is 0 Å². The van der Waals surface area contributed by atoms with E-state index in [0.717, 1.165) is 24.3 Å². The number of amides is 1.